The molecule has 1 aromatic carbocycles. The van der Waals surface area contributed by atoms with Crippen LogP contribution in [0, 0.1) is 5.92 Å². The number of hydrogen-bond donors (Lipinski definition) is 3. The molecule has 1 fully saturated rings. The van der Waals surface area contributed by atoms with Crippen molar-refractivity contribution < 1.29 is 19.8 Å². The molecule has 1 saturated heterocycles. The number of carboxylic acids is 1. The SMILES string of the molecule is CC(C)C(=O)N[C@H]1CCN(Cc2ccccc2C(=O)O)CC[C@@H]1O. The van der Waals surface area contributed by atoms with Gasteiger partial charge in [-0.3, -0.25) is 9.69 Å². The molecule has 0 aromatic heterocycles. The van der Waals surface area contributed by atoms with E-state index in [2.05, 4.69) is 10.2 Å². The number of amides is 1. The summed E-state index contributed by atoms with van der Waals surface area (Å²) in [6.45, 7) is 5.55. The number of aliphatic hydroxyl groups excluding tert-OH is 1. The van der Waals surface area contributed by atoms with Gasteiger partial charge in [0.1, 0.15) is 0 Å². The maximum atomic E-state index is 11.9. The third-order valence-electron chi connectivity index (χ3n) is 4.46. The molecular weight excluding hydrogens is 308 g/mol. The molecule has 6 heteroatoms. The van der Waals surface area contributed by atoms with Gasteiger partial charge in [0.05, 0.1) is 17.7 Å². The molecule has 0 saturated carbocycles. The number of rotatable bonds is 5. The summed E-state index contributed by atoms with van der Waals surface area (Å²) < 4.78 is 0. The summed E-state index contributed by atoms with van der Waals surface area (Å²) in [6, 6.07) is 6.73. The highest BCUT2D eigenvalue weighted by Gasteiger charge is 2.27. The van der Waals surface area contributed by atoms with Gasteiger partial charge in [-0.25, -0.2) is 4.79 Å². The van der Waals surface area contributed by atoms with Gasteiger partial charge >= 0.3 is 5.97 Å². The van der Waals surface area contributed by atoms with Gasteiger partial charge in [-0.1, -0.05) is 32.0 Å². The van der Waals surface area contributed by atoms with Gasteiger partial charge in [0.15, 0.2) is 0 Å². The second-order valence-electron chi connectivity index (χ2n) is 6.65. The third kappa shape index (κ3) is 4.79. The van der Waals surface area contributed by atoms with Crippen LogP contribution in [0.15, 0.2) is 24.3 Å². The number of hydrogen-bond acceptors (Lipinski definition) is 4. The summed E-state index contributed by atoms with van der Waals surface area (Å²) in [5.74, 6) is -1.09. The second-order valence-corrected chi connectivity index (χ2v) is 6.65. The molecule has 0 bridgehead atoms. The average molecular weight is 334 g/mol. The first-order valence-corrected chi connectivity index (χ1v) is 8.40. The van der Waals surface area contributed by atoms with Crippen molar-refractivity contribution in [3.8, 4) is 0 Å². The smallest absolute Gasteiger partial charge is 0.336 e. The largest absolute Gasteiger partial charge is 0.478 e. The van der Waals surface area contributed by atoms with E-state index < -0.39 is 12.1 Å². The first-order valence-electron chi connectivity index (χ1n) is 8.40. The Morgan fingerprint density at radius 1 is 1.25 bits per heavy atom. The topological polar surface area (TPSA) is 89.9 Å². The summed E-state index contributed by atoms with van der Waals surface area (Å²) in [7, 11) is 0. The molecule has 0 unspecified atom stereocenters. The van der Waals surface area contributed by atoms with E-state index >= 15 is 0 Å². The fraction of sp³-hybridized carbons (Fsp3) is 0.556. The van der Waals surface area contributed by atoms with Crippen LogP contribution in [0.4, 0.5) is 0 Å². The lowest BCUT2D eigenvalue weighted by Gasteiger charge is -2.22. The van der Waals surface area contributed by atoms with E-state index in [0.29, 0.717) is 38.0 Å². The summed E-state index contributed by atoms with van der Waals surface area (Å²) in [6.07, 6.45) is 0.625. The Labute approximate surface area is 142 Å². The molecule has 1 aliphatic rings. The van der Waals surface area contributed by atoms with Crippen molar-refractivity contribution in [3.63, 3.8) is 0 Å². The van der Waals surface area contributed by atoms with Crippen LogP contribution in [0.25, 0.3) is 0 Å². The van der Waals surface area contributed by atoms with Crippen molar-refractivity contribution >= 4 is 11.9 Å². The third-order valence-corrected chi connectivity index (χ3v) is 4.46. The highest BCUT2D eigenvalue weighted by molar-refractivity contribution is 5.89. The van der Waals surface area contributed by atoms with Crippen molar-refractivity contribution in [2.45, 2.75) is 45.4 Å². The minimum atomic E-state index is -0.928. The minimum Gasteiger partial charge on any atom is -0.478 e. The Morgan fingerprint density at radius 2 is 1.92 bits per heavy atom. The molecule has 1 amide bonds. The lowest BCUT2D eigenvalue weighted by molar-refractivity contribution is -0.125. The van der Waals surface area contributed by atoms with E-state index in [4.69, 9.17) is 0 Å². The number of likely N-dealkylation sites (tertiary alicyclic amines) is 1. The Bertz CT molecular complexity index is 588. The van der Waals surface area contributed by atoms with Gasteiger partial charge in [-0.05, 0) is 24.5 Å². The normalized spacial score (nSPS) is 22.2. The Balaban J connectivity index is 2.00. The van der Waals surface area contributed by atoms with Crippen molar-refractivity contribution in [1.29, 1.82) is 0 Å². The Morgan fingerprint density at radius 3 is 2.58 bits per heavy atom. The maximum Gasteiger partial charge on any atom is 0.336 e. The molecule has 0 aliphatic carbocycles. The van der Waals surface area contributed by atoms with Crippen LogP contribution in [-0.2, 0) is 11.3 Å². The molecule has 3 N–H and O–H groups in total. The molecule has 132 valence electrons. The quantitative estimate of drug-likeness (QED) is 0.759. The number of aromatic carboxylic acids is 1. The first kappa shape index (κ1) is 18.4. The molecule has 6 nitrogen and oxygen atoms in total. The summed E-state index contributed by atoms with van der Waals surface area (Å²) >= 11 is 0. The predicted molar refractivity (Wildman–Crippen MR) is 90.7 cm³/mol. The standard InChI is InChI=1S/C18H26N2O4/c1-12(2)17(22)19-15-7-9-20(10-8-16(15)21)11-13-5-3-4-6-14(13)18(23)24/h3-6,12,15-16,21H,7-11H2,1-2H3,(H,19,22)(H,23,24)/t15-,16-/m0/s1. The maximum absolute atomic E-state index is 11.9. The number of carbonyl (C=O) groups is 2. The lowest BCUT2D eigenvalue weighted by atomic mass is 10.1. The lowest BCUT2D eigenvalue weighted by Crippen LogP contribution is -2.44. The fourth-order valence-electron chi connectivity index (χ4n) is 2.93. The molecule has 1 heterocycles. The van der Waals surface area contributed by atoms with Gasteiger partial charge in [0, 0.05) is 25.6 Å². The Kier molecular flexibility index (Phi) is 6.34. The van der Waals surface area contributed by atoms with Crippen LogP contribution in [0.1, 0.15) is 42.6 Å². The highest BCUT2D eigenvalue weighted by Crippen LogP contribution is 2.17. The number of nitrogens with zero attached hydrogens (tertiary/aromatic N) is 1. The molecule has 2 rings (SSSR count). The van der Waals surface area contributed by atoms with Gasteiger partial charge in [0.2, 0.25) is 5.91 Å². The number of nitrogens with one attached hydrogen (secondary N) is 1. The van der Waals surface area contributed by atoms with Gasteiger partial charge in [-0.2, -0.15) is 0 Å². The van der Waals surface area contributed by atoms with Gasteiger partial charge in [0.25, 0.3) is 0 Å². The minimum absolute atomic E-state index is 0.0521. The van der Waals surface area contributed by atoms with Crippen LogP contribution in [0.2, 0.25) is 0 Å². The first-order chi connectivity index (χ1) is 11.4. The number of carboxylic acid groups (broad SMARTS) is 1. The summed E-state index contributed by atoms with van der Waals surface area (Å²) in [5, 5.41) is 22.5. The van der Waals surface area contributed by atoms with E-state index in [1.807, 2.05) is 26.0 Å². The van der Waals surface area contributed by atoms with Gasteiger partial charge < -0.3 is 15.5 Å². The van der Waals surface area contributed by atoms with Crippen molar-refractivity contribution in [2.24, 2.45) is 5.92 Å². The summed E-state index contributed by atoms with van der Waals surface area (Å²) in [4.78, 5) is 25.3. The Hall–Kier alpha value is -1.92. The molecule has 1 aliphatic heterocycles. The van der Waals surface area contributed by atoms with E-state index in [0.717, 1.165) is 5.56 Å². The van der Waals surface area contributed by atoms with Crippen LogP contribution in [-0.4, -0.2) is 52.2 Å². The fourth-order valence-corrected chi connectivity index (χ4v) is 2.93. The predicted octanol–water partition coefficient (Wildman–Crippen LogP) is 1.48. The highest BCUT2D eigenvalue weighted by atomic mass is 16.4. The summed E-state index contributed by atoms with van der Waals surface area (Å²) in [5.41, 5.74) is 1.08. The van der Waals surface area contributed by atoms with E-state index in [-0.39, 0.29) is 17.9 Å². The molecular formula is C18H26N2O4. The molecule has 1 aromatic rings. The van der Waals surface area contributed by atoms with Crippen LogP contribution >= 0.6 is 0 Å². The zero-order valence-electron chi connectivity index (χ0n) is 14.2. The van der Waals surface area contributed by atoms with Crippen molar-refractivity contribution in [1.82, 2.24) is 10.2 Å². The van der Waals surface area contributed by atoms with E-state index in [9.17, 15) is 19.8 Å². The van der Waals surface area contributed by atoms with Crippen molar-refractivity contribution in [2.75, 3.05) is 13.1 Å². The van der Waals surface area contributed by atoms with Gasteiger partial charge in [-0.15, -0.1) is 0 Å². The van der Waals surface area contributed by atoms with E-state index in [1.54, 1.807) is 12.1 Å². The number of benzene rings is 1. The second kappa shape index (κ2) is 8.26. The zero-order chi connectivity index (χ0) is 17.7. The zero-order valence-corrected chi connectivity index (χ0v) is 14.2. The number of aliphatic hydroxyl groups is 1. The molecule has 0 spiro atoms. The molecule has 0 radical (unpaired) electrons. The van der Waals surface area contributed by atoms with E-state index in [1.165, 1.54) is 0 Å². The average Bonchev–Trinajstić information content (AvgIpc) is 2.71. The number of carbonyl (C=O) groups excluding carboxylic acids is 1. The van der Waals surface area contributed by atoms with Crippen LogP contribution < -0.4 is 5.32 Å². The van der Waals surface area contributed by atoms with Crippen LogP contribution in [0.5, 0.6) is 0 Å². The van der Waals surface area contributed by atoms with Crippen LogP contribution in [0.3, 0.4) is 0 Å². The molecule has 2 atom stereocenters. The monoisotopic (exact) mass is 334 g/mol. The van der Waals surface area contributed by atoms with Crippen molar-refractivity contribution in [3.05, 3.63) is 35.4 Å². The molecule has 24 heavy (non-hydrogen) atoms.